The van der Waals surface area contributed by atoms with Gasteiger partial charge in [-0.3, -0.25) is 4.79 Å². The van der Waals surface area contributed by atoms with Gasteiger partial charge in [0, 0.05) is 6.07 Å². The van der Waals surface area contributed by atoms with Crippen LogP contribution in [0.1, 0.15) is 40.7 Å². The van der Waals surface area contributed by atoms with Gasteiger partial charge in [-0.1, -0.05) is 19.4 Å². The Labute approximate surface area is 146 Å². The summed E-state index contributed by atoms with van der Waals surface area (Å²) in [5, 5.41) is 0. The van der Waals surface area contributed by atoms with Crippen molar-refractivity contribution in [3.63, 3.8) is 0 Å². The normalized spacial score (nSPS) is 17.8. The van der Waals surface area contributed by atoms with Crippen molar-refractivity contribution in [2.75, 3.05) is 20.5 Å². The number of Topliss-reactive ketones (excluding diaryl/α,β-unsaturated/α-hetero) is 1. The highest BCUT2D eigenvalue weighted by atomic mass is 16.7. The molecular weight excluding hydrogens is 320 g/mol. The first-order valence-electron chi connectivity index (χ1n) is 8.48. The third-order valence-corrected chi connectivity index (χ3v) is 4.69. The van der Waals surface area contributed by atoms with Crippen molar-refractivity contribution < 1.29 is 23.7 Å². The number of carbonyl (C=O) groups is 1. The molecule has 2 aliphatic heterocycles. The first kappa shape index (κ1) is 15.8. The van der Waals surface area contributed by atoms with Gasteiger partial charge in [0.2, 0.25) is 6.79 Å². The standard InChI is InChI=1S/C20H20O5/c1-3-4-13-7-14-18(9-17(13)22-2)23-10-15(20(14)21)12-5-6-16-19(8-12)25-11-24-16/h5-9,15H,3-4,10-11H2,1-2H3/t15-/m0/s1. The van der Waals surface area contributed by atoms with Crippen LogP contribution >= 0.6 is 0 Å². The SMILES string of the molecule is CCCc1cc2c(cc1OC)OC[C@@H](c1ccc3c(c1)OCO3)C2=O. The molecule has 4 rings (SSSR count). The summed E-state index contributed by atoms with van der Waals surface area (Å²) in [6, 6.07) is 9.36. The van der Waals surface area contributed by atoms with Crippen LogP contribution in [-0.4, -0.2) is 26.3 Å². The highest BCUT2D eigenvalue weighted by Gasteiger charge is 2.32. The summed E-state index contributed by atoms with van der Waals surface area (Å²) >= 11 is 0. The van der Waals surface area contributed by atoms with E-state index in [1.54, 1.807) is 7.11 Å². The van der Waals surface area contributed by atoms with E-state index in [4.69, 9.17) is 18.9 Å². The van der Waals surface area contributed by atoms with Crippen LogP contribution in [0.4, 0.5) is 0 Å². The molecule has 2 aromatic rings. The molecule has 2 heterocycles. The fraction of sp³-hybridized carbons (Fsp3) is 0.350. The van der Waals surface area contributed by atoms with Crippen LogP contribution in [0.15, 0.2) is 30.3 Å². The molecular formula is C20H20O5. The first-order valence-corrected chi connectivity index (χ1v) is 8.48. The molecule has 25 heavy (non-hydrogen) atoms. The van der Waals surface area contributed by atoms with E-state index in [1.807, 2.05) is 30.3 Å². The van der Waals surface area contributed by atoms with Crippen LogP contribution in [0, 0.1) is 0 Å². The summed E-state index contributed by atoms with van der Waals surface area (Å²) in [6.07, 6.45) is 1.84. The second-order valence-corrected chi connectivity index (χ2v) is 6.25. The average molecular weight is 340 g/mol. The summed E-state index contributed by atoms with van der Waals surface area (Å²) in [7, 11) is 1.64. The molecule has 0 spiro atoms. The van der Waals surface area contributed by atoms with Gasteiger partial charge in [0.05, 0.1) is 18.6 Å². The van der Waals surface area contributed by atoms with Crippen LogP contribution < -0.4 is 18.9 Å². The molecule has 5 heteroatoms. The van der Waals surface area contributed by atoms with Crippen LogP contribution in [0.5, 0.6) is 23.0 Å². The maximum absolute atomic E-state index is 13.1. The topological polar surface area (TPSA) is 54.0 Å². The van der Waals surface area contributed by atoms with Crippen molar-refractivity contribution in [3.8, 4) is 23.0 Å². The van der Waals surface area contributed by atoms with Gasteiger partial charge in [0.1, 0.15) is 18.1 Å². The zero-order valence-corrected chi connectivity index (χ0v) is 14.3. The van der Waals surface area contributed by atoms with Crippen LogP contribution in [0.25, 0.3) is 0 Å². The molecule has 5 nitrogen and oxygen atoms in total. The molecule has 0 unspecified atom stereocenters. The highest BCUT2D eigenvalue weighted by molar-refractivity contribution is 6.04. The number of methoxy groups -OCH3 is 1. The van der Waals surface area contributed by atoms with Crippen molar-refractivity contribution in [1.29, 1.82) is 0 Å². The number of ketones is 1. The summed E-state index contributed by atoms with van der Waals surface area (Å²) in [6.45, 7) is 2.63. The molecule has 130 valence electrons. The molecule has 0 fully saturated rings. The number of benzene rings is 2. The summed E-state index contributed by atoms with van der Waals surface area (Å²) in [4.78, 5) is 13.1. The number of carbonyl (C=O) groups excluding carboxylic acids is 1. The molecule has 0 saturated carbocycles. The number of hydrogen-bond donors (Lipinski definition) is 0. The fourth-order valence-electron chi connectivity index (χ4n) is 3.39. The zero-order chi connectivity index (χ0) is 17.4. The van der Waals surface area contributed by atoms with Crippen molar-refractivity contribution in [2.45, 2.75) is 25.7 Å². The second-order valence-electron chi connectivity index (χ2n) is 6.25. The number of ether oxygens (including phenoxy) is 4. The molecule has 1 atom stereocenters. The van der Waals surface area contributed by atoms with E-state index in [0.29, 0.717) is 29.4 Å². The lowest BCUT2D eigenvalue weighted by Gasteiger charge is -2.26. The Bertz CT molecular complexity index is 827. The van der Waals surface area contributed by atoms with E-state index in [1.165, 1.54) is 0 Å². The molecule has 0 saturated heterocycles. The quantitative estimate of drug-likeness (QED) is 0.849. The zero-order valence-electron chi connectivity index (χ0n) is 14.3. The summed E-state index contributed by atoms with van der Waals surface area (Å²) in [5.74, 6) is 2.49. The Kier molecular flexibility index (Phi) is 3.99. The lowest BCUT2D eigenvalue weighted by molar-refractivity contribution is 0.0895. The monoisotopic (exact) mass is 340 g/mol. The Morgan fingerprint density at radius 2 is 1.92 bits per heavy atom. The van der Waals surface area contributed by atoms with Gasteiger partial charge in [-0.05, 0) is 35.7 Å². The lowest BCUT2D eigenvalue weighted by atomic mass is 9.87. The number of rotatable bonds is 4. The average Bonchev–Trinajstić information content (AvgIpc) is 3.10. The molecule has 0 amide bonds. The van der Waals surface area contributed by atoms with E-state index < -0.39 is 0 Å². The van der Waals surface area contributed by atoms with Gasteiger partial charge in [-0.15, -0.1) is 0 Å². The lowest BCUT2D eigenvalue weighted by Crippen LogP contribution is -2.26. The maximum Gasteiger partial charge on any atom is 0.231 e. The second kappa shape index (κ2) is 6.31. The van der Waals surface area contributed by atoms with Crippen molar-refractivity contribution >= 4 is 5.78 Å². The number of hydrogen-bond acceptors (Lipinski definition) is 5. The molecule has 2 aliphatic rings. The summed E-state index contributed by atoms with van der Waals surface area (Å²) in [5.41, 5.74) is 2.54. The molecule has 0 radical (unpaired) electrons. The van der Waals surface area contributed by atoms with Crippen LogP contribution in [0.2, 0.25) is 0 Å². The van der Waals surface area contributed by atoms with Crippen LogP contribution in [-0.2, 0) is 6.42 Å². The van der Waals surface area contributed by atoms with E-state index in [0.717, 1.165) is 29.7 Å². The van der Waals surface area contributed by atoms with Gasteiger partial charge < -0.3 is 18.9 Å². The van der Waals surface area contributed by atoms with E-state index in [-0.39, 0.29) is 18.5 Å². The predicted molar refractivity (Wildman–Crippen MR) is 92.1 cm³/mol. The fourth-order valence-corrected chi connectivity index (χ4v) is 3.39. The largest absolute Gasteiger partial charge is 0.496 e. The minimum atomic E-state index is -0.343. The van der Waals surface area contributed by atoms with Gasteiger partial charge in [0.25, 0.3) is 0 Å². The van der Waals surface area contributed by atoms with E-state index >= 15 is 0 Å². The third-order valence-electron chi connectivity index (χ3n) is 4.69. The van der Waals surface area contributed by atoms with Gasteiger partial charge in [0.15, 0.2) is 17.3 Å². The Morgan fingerprint density at radius 1 is 1.08 bits per heavy atom. The highest BCUT2D eigenvalue weighted by Crippen LogP contribution is 2.40. The smallest absolute Gasteiger partial charge is 0.231 e. The molecule has 0 aromatic heterocycles. The van der Waals surface area contributed by atoms with Crippen molar-refractivity contribution in [3.05, 3.63) is 47.0 Å². The molecule has 0 N–H and O–H groups in total. The van der Waals surface area contributed by atoms with Gasteiger partial charge in [-0.2, -0.15) is 0 Å². The van der Waals surface area contributed by atoms with Crippen LogP contribution in [0.3, 0.4) is 0 Å². The molecule has 0 aliphatic carbocycles. The molecule has 2 aromatic carbocycles. The molecule has 0 bridgehead atoms. The van der Waals surface area contributed by atoms with Crippen molar-refractivity contribution in [1.82, 2.24) is 0 Å². The van der Waals surface area contributed by atoms with E-state index in [9.17, 15) is 4.79 Å². The van der Waals surface area contributed by atoms with Gasteiger partial charge >= 0.3 is 0 Å². The Morgan fingerprint density at radius 3 is 2.72 bits per heavy atom. The minimum absolute atomic E-state index is 0.0696. The maximum atomic E-state index is 13.1. The Hall–Kier alpha value is -2.69. The van der Waals surface area contributed by atoms with Gasteiger partial charge in [-0.25, -0.2) is 0 Å². The summed E-state index contributed by atoms with van der Waals surface area (Å²) < 4.78 is 22.1. The Balaban J connectivity index is 1.70. The number of fused-ring (bicyclic) bond motifs is 2. The minimum Gasteiger partial charge on any atom is -0.496 e. The third kappa shape index (κ3) is 2.69. The van der Waals surface area contributed by atoms with E-state index in [2.05, 4.69) is 6.92 Å². The predicted octanol–water partition coefficient (Wildman–Crippen LogP) is 3.74. The number of aryl methyl sites for hydroxylation is 1. The first-order chi connectivity index (χ1) is 12.2. The van der Waals surface area contributed by atoms with Crippen molar-refractivity contribution in [2.24, 2.45) is 0 Å².